The highest BCUT2D eigenvalue weighted by molar-refractivity contribution is 5.95. The van der Waals surface area contributed by atoms with E-state index in [4.69, 9.17) is 16.2 Å². The predicted molar refractivity (Wildman–Crippen MR) is 58.4 cm³/mol. The normalized spacial score (nSPS) is 9.67. The van der Waals surface area contributed by atoms with Gasteiger partial charge in [0.05, 0.1) is 0 Å². The summed E-state index contributed by atoms with van der Waals surface area (Å²) in [5.41, 5.74) is 6.70. The lowest BCUT2D eigenvalue weighted by Crippen LogP contribution is -2.25. The van der Waals surface area contributed by atoms with Gasteiger partial charge in [0.1, 0.15) is 12.4 Å². The Hall–Kier alpha value is -2.04. The summed E-state index contributed by atoms with van der Waals surface area (Å²) in [6.45, 7) is -0.0561. The van der Waals surface area contributed by atoms with E-state index in [0.29, 0.717) is 5.56 Å². The van der Waals surface area contributed by atoms with Crippen LogP contribution in [0.5, 0.6) is 0 Å². The van der Waals surface area contributed by atoms with Gasteiger partial charge in [-0.2, -0.15) is 0 Å². The summed E-state index contributed by atoms with van der Waals surface area (Å²) in [4.78, 5) is 12.1. The Bertz CT molecular complexity index is 373. The number of carboxylic acid groups (broad SMARTS) is 1. The highest BCUT2D eigenvalue weighted by atomic mass is 16.4. The van der Waals surface area contributed by atoms with Crippen LogP contribution in [0.1, 0.15) is 5.56 Å². The number of aliphatic carboxylic acids is 1. The van der Waals surface area contributed by atoms with Crippen LogP contribution in [0.3, 0.4) is 0 Å². The quantitative estimate of drug-likeness (QED) is 0.495. The van der Waals surface area contributed by atoms with Crippen molar-refractivity contribution in [2.24, 2.45) is 5.73 Å². The molecule has 0 bridgehead atoms. The summed E-state index contributed by atoms with van der Waals surface area (Å²) in [5.74, 6) is -0.879. The van der Waals surface area contributed by atoms with Crippen LogP contribution in [0.4, 0.5) is 5.69 Å². The third-order valence-corrected chi connectivity index (χ3v) is 1.99. The number of hydrogen-bond donors (Lipinski definition) is 3. The summed E-state index contributed by atoms with van der Waals surface area (Å²) in [6, 6.07) is 6.85. The van der Waals surface area contributed by atoms with Crippen LogP contribution < -0.4 is 10.6 Å². The highest BCUT2D eigenvalue weighted by Gasteiger charge is 2.05. The van der Waals surface area contributed by atoms with Crippen LogP contribution in [-0.4, -0.2) is 30.5 Å². The molecule has 0 amide bonds. The summed E-state index contributed by atoms with van der Waals surface area (Å²) in [6.07, 6.45) is 0. The van der Waals surface area contributed by atoms with E-state index >= 15 is 0 Å². The summed E-state index contributed by atoms with van der Waals surface area (Å²) in [7, 11) is 1.69. The largest absolute Gasteiger partial charge is 0.480 e. The topological polar surface area (TPSA) is 90.4 Å². The molecule has 0 unspecified atom stereocenters. The Morgan fingerprint density at radius 2 is 2.00 bits per heavy atom. The molecule has 15 heavy (non-hydrogen) atoms. The van der Waals surface area contributed by atoms with Crippen LogP contribution >= 0.6 is 0 Å². The van der Waals surface area contributed by atoms with E-state index < -0.39 is 5.97 Å². The molecule has 5 heteroatoms. The number of amidine groups is 1. The van der Waals surface area contributed by atoms with Gasteiger partial charge in [-0.1, -0.05) is 0 Å². The maximum atomic E-state index is 10.5. The van der Waals surface area contributed by atoms with Crippen molar-refractivity contribution < 1.29 is 9.90 Å². The number of nitrogens with zero attached hydrogens (tertiary/aromatic N) is 1. The van der Waals surface area contributed by atoms with Gasteiger partial charge < -0.3 is 15.7 Å². The Balaban J connectivity index is 2.79. The second-order valence-electron chi connectivity index (χ2n) is 3.21. The maximum absolute atomic E-state index is 10.5. The Kier molecular flexibility index (Phi) is 3.28. The molecule has 0 aliphatic carbocycles. The number of hydrogen-bond acceptors (Lipinski definition) is 3. The van der Waals surface area contributed by atoms with E-state index in [1.54, 1.807) is 36.2 Å². The summed E-state index contributed by atoms with van der Waals surface area (Å²) >= 11 is 0. The number of benzene rings is 1. The monoisotopic (exact) mass is 207 g/mol. The average Bonchev–Trinajstić information content (AvgIpc) is 2.17. The van der Waals surface area contributed by atoms with Crippen LogP contribution in [0, 0.1) is 5.41 Å². The molecule has 0 saturated heterocycles. The second kappa shape index (κ2) is 4.45. The van der Waals surface area contributed by atoms with Crippen molar-refractivity contribution in [1.82, 2.24) is 0 Å². The molecule has 1 aromatic carbocycles. The zero-order valence-corrected chi connectivity index (χ0v) is 8.40. The fourth-order valence-corrected chi connectivity index (χ4v) is 1.19. The van der Waals surface area contributed by atoms with Crippen LogP contribution in [0.15, 0.2) is 24.3 Å². The van der Waals surface area contributed by atoms with Crippen LogP contribution in [0.25, 0.3) is 0 Å². The molecule has 0 saturated carbocycles. The van der Waals surface area contributed by atoms with Crippen molar-refractivity contribution in [1.29, 1.82) is 5.41 Å². The predicted octanol–water partition coefficient (Wildman–Crippen LogP) is 0.491. The maximum Gasteiger partial charge on any atom is 0.323 e. The number of likely N-dealkylation sites (N-methyl/N-ethyl adjacent to an activating group) is 1. The molecular formula is C10H13N3O2. The zero-order chi connectivity index (χ0) is 11.4. The summed E-state index contributed by atoms with van der Waals surface area (Å²) < 4.78 is 0. The lowest BCUT2D eigenvalue weighted by molar-refractivity contribution is -0.135. The zero-order valence-electron chi connectivity index (χ0n) is 8.40. The number of nitrogens with two attached hydrogens (primary N) is 1. The first kappa shape index (κ1) is 11.0. The fraction of sp³-hybridized carbons (Fsp3) is 0.200. The van der Waals surface area contributed by atoms with Crippen molar-refractivity contribution >= 4 is 17.5 Å². The minimum atomic E-state index is -0.881. The molecule has 0 aliphatic rings. The van der Waals surface area contributed by atoms with Crippen molar-refractivity contribution in [2.75, 3.05) is 18.5 Å². The number of nitrogen functional groups attached to an aromatic ring is 1. The van der Waals surface area contributed by atoms with E-state index in [-0.39, 0.29) is 12.4 Å². The molecule has 1 rings (SSSR count). The van der Waals surface area contributed by atoms with Crippen molar-refractivity contribution in [3.05, 3.63) is 29.8 Å². The molecule has 5 nitrogen and oxygen atoms in total. The number of rotatable bonds is 4. The number of nitrogens with one attached hydrogen (secondary N) is 1. The van der Waals surface area contributed by atoms with Gasteiger partial charge in [-0.15, -0.1) is 0 Å². The SMILES string of the molecule is CN(CC(=O)O)c1ccc(C(=N)N)cc1. The first-order valence-electron chi connectivity index (χ1n) is 4.38. The smallest absolute Gasteiger partial charge is 0.323 e. The average molecular weight is 207 g/mol. The molecular weight excluding hydrogens is 194 g/mol. The van der Waals surface area contributed by atoms with Crippen LogP contribution in [-0.2, 0) is 4.79 Å². The molecule has 1 aromatic rings. The van der Waals surface area contributed by atoms with Gasteiger partial charge in [-0.3, -0.25) is 10.2 Å². The molecule has 4 N–H and O–H groups in total. The number of carboxylic acids is 1. The molecule has 0 heterocycles. The van der Waals surface area contributed by atoms with Crippen molar-refractivity contribution in [3.8, 4) is 0 Å². The molecule has 0 radical (unpaired) electrons. The van der Waals surface area contributed by atoms with E-state index in [9.17, 15) is 4.79 Å². The van der Waals surface area contributed by atoms with Gasteiger partial charge in [0.15, 0.2) is 0 Å². The molecule has 0 fully saturated rings. The van der Waals surface area contributed by atoms with Gasteiger partial charge >= 0.3 is 5.97 Å². The van der Waals surface area contributed by atoms with Crippen molar-refractivity contribution in [3.63, 3.8) is 0 Å². The van der Waals surface area contributed by atoms with Gasteiger partial charge in [-0.05, 0) is 24.3 Å². The number of anilines is 1. The van der Waals surface area contributed by atoms with E-state index in [1.165, 1.54) is 0 Å². The fourth-order valence-electron chi connectivity index (χ4n) is 1.19. The molecule has 0 aliphatic heterocycles. The lowest BCUT2D eigenvalue weighted by atomic mass is 10.2. The van der Waals surface area contributed by atoms with E-state index in [1.807, 2.05) is 0 Å². The minimum absolute atomic E-state index is 0.00226. The third kappa shape index (κ3) is 2.98. The van der Waals surface area contributed by atoms with E-state index in [2.05, 4.69) is 0 Å². The van der Waals surface area contributed by atoms with Crippen LogP contribution in [0.2, 0.25) is 0 Å². The minimum Gasteiger partial charge on any atom is -0.480 e. The van der Waals surface area contributed by atoms with Crippen molar-refractivity contribution in [2.45, 2.75) is 0 Å². The van der Waals surface area contributed by atoms with E-state index in [0.717, 1.165) is 5.69 Å². The summed E-state index contributed by atoms with van der Waals surface area (Å²) in [5, 5.41) is 15.8. The Morgan fingerprint density at radius 3 is 2.40 bits per heavy atom. The first-order chi connectivity index (χ1) is 7.00. The molecule has 80 valence electrons. The molecule has 0 atom stereocenters. The Morgan fingerprint density at radius 1 is 1.47 bits per heavy atom. The molecule has 0 spiro atoms. The van der Waals surface area contributed by atoms with Gasteiger partial charge in [0.25, 0.3) is 0 Å². The van der Waals surface area contributed by atoms with Gasteiger partial charge in [-0.25, -0.2) is 0 Å². The van der Waals surface area contributed by atoms with Gasteiger partial charge in [0.2, 0.25) is 0 Å². The first-order valence-corrected chi connectivity index (χ1v) is 4.38. The molecule has 0 aromatic heterocycles. The number of carbonyl (C=O) groups is 1. The standard InChI is InChI=1S/C10H13N3O2/c1-13(6-9(14)15)8-4-2-7(3-5-8)10(11)12/h2-5H,6H2,1H3,(H3,11,12)(H,14,15). The Labute approximate surface area is 87.6 Å². The van der Waals surface area contributed by atoms with Gasteiger partial charge in [0, 0.05) is 18.3 Å². The third-order valence-electron chi connectivity index (χ3n) is 1.99. The lowest BCUT2D eigenvalue weighted by Gasteiger charge is -2.16. The second-order valence-corrected chi connectivity index (χ2v) is 3.21. The highest BCUT2D eigenvalue weighted by Crippen LogP contribution is 2.12.